The Morgan fingerprint density at radius 1 is 1.21 bits per heavy atom. The molecule has 4 atom stereocenters. The highest BCUT2D eigenvalue weighted by Gasteiger charge is 2.18. The lowest BCUT2D eigenvalue weighted by Crippen LogP contribution is -2.35. The lowest BCUT2D eigenvalue weighted by atomic mass is 9.97. The number of carbonyl (C=O) groups excluding carboxylic acids is 1. The molecule has 0 aliphatic heterocycles. The Morgan fingerprint density at radius 2 is 1.71 bits per heavy atom. The van der Waals surface area contributed by atoms with Gasteiger partial charge in [0, 0.05) is 22.4 Å². The van der Waals surface area contributed by atoms with E-state index in [0.29, 0.717) is 12.8 Å². The van der Waals surface area contributed by atoms with Crippen LogP contribution < -0.4 is 5.11 Å². The molecule has 0 fully saturated rings. The van der Waals surface area contributed by atoms with E-state index in [4.69, 9.17) is 0 Å². The van der Waals surface area contributed by atoms with E-state index in [1.807, 2.05) is 13.8 Å². The zero-order valence-electron chi connectivity index (χ0n) is 8.38. The van der Waals surface area contributed by atoms with Crippen molar-refractivity contribution in [3.63, 3.8) is 0 Å². The van der Waals surface area contributed by atoms with Gasteiger partial charge in [-0.25, -0.2) is 0 Å². The minimum absolute atomic E-state index is 0.0201. The van der Waals surface area contributed by atoms with Crippen molar-refractivity contribution >= 4 is 43.9 Å². The summed E-state index contributed by atoms with van der Waals surface area (Å²) in [5, 5.41) is 10.9. The first-order chi connectivity index (χ1) is 6.34. The summed E-state index contributed by atoms with van der Waals surface area (Å²) in [6.07, 6.45) is 1.00. The van der Waals surface area contributed by atoms with Crippen molar-refractivity contribution in [1.29, 1.82) is 0 Å². The summed E-state index contributed by atoms with van der Waals surface area (Å²) in [4.78, 5) is 10.8. The van der Waals surface area contributed by atoms with Gasteiger partial charge in [0.15, 0.2) is 0 Å². The summed E-state index contributed by atoms with van der Waals surface area (Å²) in [7, 11) is 0. The van der Waals surface area contributed by atoms with Crippen LogP contribution in [0.15, 0.2) is 0 Å². The molecule has 0 heterocycles. The molecule has 0 aliphatic rings. The molecule has 14 heavy (non-hydrogen) atoms. The lowest BCUT2D eigenvalue weighted by Gasteiger charge is -2.24. The normalized spacial score (nSPS) is 19.8. The zero-order valence-corrected chi connectivity index (χ0v) is 11.1. The Kier molecular flexibility index (Phi) is 7.16. The smallest absolute Gasteiger partial charge is 0.0446 e. The van der Waals surface area contributed by atoms with Crippen molar-refractivity contribution in [3.05, 3.63) is 0 Å². The molecule has 0 aromatic rings. The van der Waals surface area contributed by atoms with E-state index in [0.717, 1.165) is 0 Å². The second-order valence-electron chi connectivity index (χ2n) is 3.64. The molecule has 0 aromatic heterocycles. The average Bonchev–Trinajstić information content (AvgIpc) is 2.01. The van der Waals surface area contributed by atoms with Gasteiger partial charge in [0.2, 0.25) is 0 Å². The van der Waals surface area contributed by atoms with Crippen LogP contribution in [0.4, 0.5) is 0 Å². The standard InChI is InChI=1S/C9H18O2S3/c1-5(12)3-7(9(10)11)4-8(14)6(2)13/h5-8,12-14H,3-4H2,1-2H3,(H,10,11)/p-1. The van der Waals surface area contributed by atoms with Crippen molar-refractivity contribution in [2.24, 2.45) is 5.92 Å². The van der Waals surface area contributed by atoms with Gasteiger partial charge < -0.3 is 9.90 Å². The van der Waals surface area contributed by atoms with E-state index in [1.54, 1.807) is 0 Å². The summed E-state index contributed by atoms with van der Waals surface area (Å²) in [5.41, 5.74) is 0. The minimum Gasteiger partial charge on any atom is -0.550 e. The van der Waals surface area contributed by atoms with Gasteiger partial charge in [-0.2, -0.15) is 37.9 Å². The maximum Gasteiger partial charge on any atom is 0.0446 e. The van der Waals surface area contributed by atoms with Crippen LogP contribution in [0.5, 0.6) is 0 Å². The van der Waals surface area contributed by atoms with Crippen LogP contribution >= 0.6 is 37.9 Å². The van der Waals surface area contributed by atoms with Crippen molar-refractivity contribution in [2.75, 3.05) is 0 Å². The highest BCUT2D eigenvalue weighted by Crippen LogP contribution is 2.22. The monoisotopic (exact) mass is 253 g/mol. The van der Waals surface area contributed by atoms with E-state index in [2.05, 4.69) is 37.9 Å². The third-order valence-corrected chi connectivity index (χ3v) is 3.51. The van der Waals surface area contributed by atoms with Crippen LogP contribution in [0.2, 0.25) is 0 Å². The van der Waals surface area contributed by atoms with Gasteiger partial charge in [0.1, 0.15) is 0 Å². The molecule has 0 N–H and O–H groups in total. The summed E-state index contributed by atoms with van der Waals surface area (Å²) in [6, 6.07) is 0. The Bertz CT molecular complexity index is 183. The molecule has 0 saturated heterocycles. The highest BCUT2D eigenvalue weighted by molar-refractivity contribution is 7.85. The van der Waals surface area contributed by atoms with Gasteiger partial charge in [-0.15, -0.1) is 0 Å². The number of carboxylic acid groups (broad SMARTS) is 1. The number of carboxylic acids is 1. The number of carbonyl (C=O) groups is 1. The number of thiol groups is 3. The molecule has 5 heteroatoms. The lowest BCUT2D eigenvalue weighted by molar-refractivity contribution is -0.312. The Balaban J connectivity index is 4.16. The molecule has 4 unspecified atom stereocenters. The average molecular weight is 253 g/mol. The molecular formula is C9H17O2S3-. The van der Waals surface area contributed by atoms with E-state index in [-0.39, 0.29) is 15.7 Å². The van der Waals surface area contributed by atoms with Gasteiger partial charge in [0.05, 0.1) is 0 Å². The summed E-state index contributed by atoms with van der Waals surface area (Å²) < 4.78 is 0. The van der Waals surface area contributed by atoms with Crippen molar-refractivity contribution in [1.82, 2.24) is 0 Å². The number of hydrogen-bond donors (Lipinski definition) is 3. The minimum atomic E-state index is -1.01. The Morgan fingerprint density at radius 3 is 2.00 bits per heavy atom. The second-order valence-corrected chi connectivity index (χ2v) is 6.00. The summed E-state index contributed by atoms with van der Waals surface area (Å²) >= 11 is 12.7. The topological polar surface area (TPSA) is 40.1 Å². The van der Waals surface area contributed by atoms with E-state index in [9.17, 15) is 9.90 Å². The fourth-order valence-electron chi connectivity index (χ4n) is 1.19. The van der Waals surface area contributed by atoms with Crippen molar-refractivity contribution in [2.45, 2.75) is 42.4 Å². The Labute approximate surface area is 102 Å². The molecule has 84 valence electrons. The van der Waals surface area contributed by atoms with Crippen LogP contribution in [0.25, 0.3) is 0 Å². The number of rotatable bonds is 6. The quantitative estimate of drug-likeness (QED) is 0.620. The maximum absolute atomic E-state index is 10.8. The fourth-order valence-corrected chi connectivity index (χ4v) is 1.82. The van der Waals surface area contributed by atoms with Crippen LogP contribution in [0.3, 0.4) is 0 Å². The van der Waals surface area contributed by atoms with Crippen molar-refractivity contribution < 1.29 is 9.90 Å². The summed E-state index contributed by atoms with van der Waals surface area (Å²) in [6.45, 7) is 3.77. The second kappa shape index (κ2) is 6.90. The van der Waals surface area contributed by atoms with E-state index < -0.39 is 11.9 Å². The van der Waals surface area contributed by atoms with Gasteiger partial charge in [0.25, 0.3) is 0 Å². The van der Waals surface area contributed by atoms with Crippen LogP contribution in [0.1, 0.15) is 26.7 Å². The molecule has 0 rings (SSSR count). The molecule has 0 spiro atoms. The van der Waals surface area contributed by atoms with Gasteiger partial charge in [-0.1, -0.05) is 13.8 Å². The third-order valence-electron chi connectivity index (χ3n) is 2.04. The highest BCUT2D eigenvalue weighted by atomic mass is 32.1. The third kappa shape index (κ3) is 6.09. The Hall–Kier alpha value is 0.520. The molecule has 0 radical (unpaired) electrons. The van der Waals surface area contributed by atoms with E-state index >= 15 is 0 Å². The van der Waals surface area contributed by atoms with Crippen molar-refractivity contribution in [3.8, 4) is 0 Å². The molecule has 2 nitrogen and oxygen atoms in total. The molecule has 0 aliphatic carbocycles. The molecular weight excluding hydrogens is 236 g/mol. The molecule has 0 amide bonds. The number of aliphatic carboxylic acids is 1. The van der Waals surface area contributed by atoms with Crippen LogP contribution in [-0.2, 0) is 4.79 Å². The predicted molar refractivity (Wildman–Crippen MR) is 67.4 cm³/mol. The fraction of sp³-hybridized carbons (Fsp3) is 0.889. The SMILES string of the molecule is CC(S)CC(CC(S)C(C)S)C(=O)[O-]. The predicted octanol–water partition coefficient (Wildman–Crippen LogP) is 1.07. The first kappa shape index (κ1) is 14.5. The first-order valence-electron chi connectivity index (χ1n) is 4.59. The first-order valence-corrected chi connectivity index (χ1v) is 6.14. The molecule has 0 bridgehead atoms. The van der Waals surface area contributed by atoms with E-state index in [1.165, 1.54) is 0 Å². The zero-order chi connectivity index (χ0) is 11.3. The maximum atomic E-state index is 10.8. The van der Waals surface area contributed by atoms with Crippen LogP contribution in [-0.4, -0.2) is 21.7 Å². The molecule has 0 aromatic carbocycles. The van der Waals surface area contributed by atoms with Gasteiger partial charge in [-0.05, 0) is 18.1 Å². The summed E-state index contributed by atoms with van der Waals surface area (Å²) in [5.74, 6) is -1.49. The molecule has 0 saturated carbocycles. The van der Waals surface area contributed by atoms with Gasteiger partial charge >= 0.3 is 0 Å². The number of hydrogen-bond acceptors (Lipinski definition) is 5. The van der Waals surface area contributed by atoms with Gasteiger partial charge in [-0.3, -0.25) is 0 Å². The van der Waals surface area contributed by atoms with Crippen LogP contribution in [0, 0.1) is 5.92 Å². The largest absolute Gasteiger partial charge is 0.550 e.